The number of allylic oxidation sites excluding steroid dienone is 2. The largest absolute Gasteiger partial charge is 0.457 e. The van der Waals surface area contributed by atoms with Crippen molar-refractivity contribution in [1.82, 2.24) is 0 Å². The van der Waals surface area contributed by atoms with Gasteiger partial charge >= 0.3 is 0 Å². The normalized spacial score (nSPS) is 11.6. The lowest BCUT2D eigenvalue weighted by Crippen LogP contribution is -1.93. The summed E-state index contributed by atoms with van der Waals surface area (Å²) < 4.78 is 6.34. The van der Waals surface area contributed by atoms with Crippen LogP contribution in [0.5, 0.6) is 11.5 Å². The lowest BCUT2D eigenvalue weighted by atomic mass is 10.0. The number of unbranched alkanes of at least 4 members (excludes halogenated alkanes) is 6. The molecule has 1 heteroatoms. The van der Waals surface area contributed by atoms with Crippen molar-refractivity contribution >= 4 is 12.2 Å². The molecular weight excluding hydrogens is 352 g/mol. The van der Waals surface area contributed by atoms with E-state index in [1.54, 1.807) is 0 Å². The molecule has 0 unspecified atom stereocenters. The summed E-state index contributed by atoms with van der Waals surface area (Å²) >= 11 is 0. The van der Waals surface area contributed by atoms with Crippen LogP contribution in [-0.2, 0) is 0 Å². The van der Waals surface area contributed by atoms with Gasteiger partial charge in [0.05, 0.1) is 0 Å². The van der Waals surface area contributed by atoms with Crippen molar-refractivity contribution in [1.29, 1.82) is 0 Å². The summed E-state index contributed by atoms with van der Waals surface area (Å²) in [6, 6.07) is 12.6. The van der Waals surface area contributed by atoms with Crippen molar-refractivity contribution in [3.63, 3.8) is 0 Å². The fourth-order valence-electron chi connectivity index (χ4n) is 3.41. The minimum absolute atomic E-state index is 0.938. The quantitative estimate of drug-likeness (QED) is 0.328. The van der Waals surface area contributed by atoms with Crippen LogP contribution in [0.25, 0.3) is 12.2 Å². The van der Waals surface area contributed by atoms with Crippen LogP contribution in [0.2, 0.25) is 0 Å². The summed E-state index contributed by atoms with van der Waals surface area (Å²) in [6.07, 6.45) is 19.0. The smallest absolute Gasteiger partial charge is 0.130 e. The third-order valence-electron chi connectivity index (χ3n) is 5.42. The average molecular weight is 391 g/mol. The van der Waals surface area contributed by atoms with Crippen LogP contribution in [0.1, 0.15) is 87.5 Å². The molecular formula is C28H38O. The minimum atomic E-state index is 0.938. The molecule has 0 heterocycles. The number of ether oxygens (including phenoxy) is 1. The molecule has 0 saturated carbocycles. The molecule has 0 fully saturated rings. The van der Waals surface area contributed by atoms with Crippen LogP contribution in [0.4, 0.5) is 0 Å². The summed E-state index contributed by atoms with van der Waals surface area (Å²) in [5.74, 6) is 1.88. The molecule has 0 bridgehead atoms. The minimum Gasteiger partial charge on any atom is -0.457 e. The van der Waals surface area contributed by atoms with Gasteiger partial charge in [-0.05, 0) is 73.9 Å². The van der Waals surface area contributed by atoms with Gasteiger partial charge in [0.2, 0.25) is 0 Å². The Morgan fingerprint density at radius 2 is 1.10 bits per heavy atom. The molecule has 2 rings (SSSR count). The van der Waals surface area contributed by atoms with E-state index in [1.807, 2.05) is 0 Å². The predicted octanol–water partition coefficient (Wildman–Crippen LogP) is 9.28. The fraction of sp³-hybridized carbons (Fsp3) is 0.429. The molecule has 2 aromatic rings. The third-order valence-corrected chi connectivity index (χ3v) is 5.42. The van der Waals surface area contributed by atoms with Crippen molar-refractivity contribution in [3.8, 4) is 11.5 Å². The summed E-state index contributed by atoms with van der Waals surface area (Å²) in [6.45, 7) is 8.78. The first-order chi connectivity index (χ1) is 14.2. The SMILES string of the molecule is CCCCCC=Cc1cccc(Oc2cccc(C=CCCCCC)c2C)c1C. The van der Waals surface area contributed by atoms with Gasteiger partial charge in [0.25, 0.3) is 0 Å². The van der Waals surface area contributed by atoms with E-state index in [9.17, 15) is 0 Å². The molecule has 156 valence electrons. The Kier molecular flexibility index (Phi) is 10.3. The molecule has 0 atom stereocenters. The van der Waals surface area contributed by atoms with E-state index < -0.39 is 0 Å². The maximum atomic E-state index is 6.34. The van der Waals surface area contributed by atoms with Gasteiger partial charge in [-0.2, -0.15) is 0 Å². The second-order valence-electron chi connectivity index (χ2n) is 7.84. The lowest BCUT2D eigenvalue weighted by Gasteiger charge is -2.14. The second kappa shape index (κ2) is 13.0. The van der Waals surface area contributed by atoms with Crippen LogP contribution in [-0.4, -0.2) is 0 Å². The molecule has 0 N–H and O–H groups in total. The Labute approximate surface area is 178 Å². The molecule has 29 heavy (non-hydrogen) atoms. The van der Waals surface area contributed by atoms with E-state index in [2.05, 4.69) is 88.4 Å². The molecule has 0 aromatic heterocycles. The van der Waals surface area contributed by atoms with Gasteiger partial charge in [0.15, 0.2) is 0 Å². The first-order valence-electron chi connectivity index (χ1n) is 11.4. The fourth-order valence-corrected chi connectivity index (χ4v) is 3.41. The maximum Gasteiger partial charge on any atom is 0.130 e. The van der Waals surface area contributed by atoms with E-state index in [-0.39, 0.29) is 0 Å². The van der Waals surface area contributed by atoms with Gasteiger partial charge in [-0.15, -0.1) is 0 Å². The van der Waals surface area contributed by atoms with Crippen molar-refractivity contribution in [2.24, 2.45) is 0 Å². The van der Waals surface area contributed by atoms with Gasteiger partial charge in [-0.1, -0.05) is 88.1 Å². The van der Waals surface area contributed by atoms with Crippen molar-refractivity contribution < 1.29 is 4.74 Å². The molecule has 1 nitrogen and oxygen atoms in total. The molecule has 0 amide bonds. The topological polar surface area (TPSA) is 9.23 Å². The maximum absolute atomic E-state index is 6.34. The number of hydrogen-bond acceptors (Lipinski definition) is 1. The lowest BCUT2D eigenvalue weighted by molar-refractivity contribution is 0.475. The molecule has 0 saturated heterocycles. The van der Waals surface area contributed by atoms with E-state index >= 15 is 0 Å². The highest BCUT2D eigenvalue weighted by molar-refractivity contribution is 5.60. The average Bonchev–Trinajstić information content (AvgIpc) is 2.72. The van der Waals surface area contributed by atoms with Gasteiger partial charge in [0, 0.05) is 0 Å². The standard InChI is InChI=1S/C28H38O/c1-5-7-9-11-13-17-25-19-15-21-27(23(25)3)29-28-22-16-20-26(24(28)4)18-14-12-10-8-6-2/h13-22H,5-12H2,1-4H3. The zero-order valence-corrected chi connectivity index (χ0v) is 18.8. The van der Waals surface area contributed by atoms with Gasteiger partial charge in [-0.25, -0.2) is 0 Å². The predicted molar refractivity (Wildman–Crippen MR) is 129 cm³/mol. The summed E-state index contributed by atoms with van der Waals surface area (Å²) in [5, 5.41) is 0. The molecule has 2 aromatic carbocycles. The van der Waals surface area contributed by atoms with Crippen LogP contribution in [0.15, 0.2) is 48.6 Å². The summed E-state index contributed by atoms with van der Waals surface area (Å²) in [5.41, 5.74) is 4.87. The van der Waals surface area contributed by atoms with Crippen LogP contribution in [0.3, 0.4) is 0 Å². The Hall–Kier alpha value is -2.28. The second-order valence-corrected chi connectivity index (χ2v) is 7.84. The van der Waals surface area contributed by atoms with Gasteiger partial charge in [0.1, 0.15) is 11.5 Å². The highest BCUT2D eigenvalue weighted by Crippen LogP contribution is 2.31. The Morgan fingerprint density at radius 3 is 1.52 bits per heavy atom. The van der Waals surface area contributed by atoms with Gasteiger partial charge in [-0.3, -0.25) is 0 Å². The third kappa shape index (κ3) is 7.57. The van der Waals surface area contributed by atoms with Crippen LogP contribution < -0.4 is 4.74 Å². The monoisotopic (exact) mass is 390 g/mol. The number of hydrogen-bond donors (Lipinski definition) is 0. The zero-order valence-electron chi connectivity index (χ0n) is 18.8. The summed E-state index contributed by atoms with van der Waals surface area (Å²) in [4.78, 5) is 0. The van der Waals surface area contributed by atoms with E-state index in [0.29, 0.717) is 0 Å². The van der Waals surface area contributed by atoms with Crippen LogP contribution in [0, 0.1) is 13.8 Å². The number of rotatable bonds is 12. The van der Waals surface area contributed by atoms with E-state index in [4.69, 9.17) is 4.74 Å². The Balaban J connectivity index is 2.09. The molecule has 0 aliphatic heterocycles. The first kappa shape index (κ1) is 23.0. The molecule has 0 radical (unpaired) electrons. The zero-order chi connectivity index (χ0) is 20.9. The Bertz CT molecular complexity index is 730. The van der Waals surface area contributed by atoms with Crippen molar-refractivity contribution in [3.05, 3.63) is 70.8 Å². The molecule has 0 aliphatic rings. The van der Waals surface area contributed by atoms with Crippen LogP contribution >= 0.6 is 0 Å². The van der Waals surface area contributed by atoms with Crippen molar-refractivity contribution in [2.45, 2.75) is 79.1 Å². The Morgan fingerprint density at radius 1 is 0.655 bits per heavy atom. The van der Waals surface area contributed by atoms with E-state index in [0.717, 1.165) is 24.3 Å². The highest BCUT2D eigenvalue weighted by Gasteiger charge is 2.08. The van der Waals surface area contributed by atoms with Crippen molar-refractivity contribution in [2.75, 3.05) is 0 Å². The van der Waals surface area contributed by atoms with E-state index in [1.165, 1.54) is 60.8 Å². The number of benzene rings is 2. The highest BCUT2D eigenvalue weighted by atomic mass is 16.5. The molecule has 0 spiro atoms. The van der Waals surface area contributed by atoms with Gasteiger partial charge < -0.3 is 4.74 Å². The summed E-state index contributed by atoms with van der Waals surface area (Å²) in [7, 11) is 0. The molecule has 0 aliphatic carbocycles. The first-order valence-corrected chi connectivity index (χ1v) is 11.4.